The van der Waals surface area contributed by atoms with Gasteiger partial charge in [-0.25, -0.2) is 4.79 Å². The first-order chi connectivity index (χ1) is 8.27. The van der Waals surface area contributed by atoms with Crippen molar-refractivity contribution >= 4 is 26.9 Å². The van der Waals surface area contributed by atoms with Crippen LogP contribution in [0, 0.1) is 0 Å². The van der Waals surface area contributed by atoms with Gasteiger partial charge in [-0.2, -0.15) is 0 Å². The molecule has 1 aliphatic carbocycles. The highest BCUT2D eigenvalue weighted by molar-refractivity contribution is 6.02. The molecule has 7 heteroatoms. The normalized spacial score (nSPS) is 32.9. The predicted molar refractivity (Wildman–Crippen MR) is 74.2 cm³/mol. The van der Waals surface area contributed by atoms with Gasteiger partial charge in [-0.3, -0.25) is 0 Å². The Labute approximate surface area is 115 Å². The third-order valence-electron chi connectivity index (χ3n) is 3.31. The van der Waals surface area contributed by atoms with Gasteiger partial charge in [-0.15, -0.1) is 0 Å². The molecule has 5 nitrogen and oxygen atoms in total. The number of hydrogen-bond donors (Lipinski definition) is 0. The second-order valence-corrected chi connectivity index (χ2v) is 6.36. The fourth-order valence-electron chi connectivity index (χ4n) is 2.66. The highest BCUT2D eigenvalue weighted by Crippen LogP contribution is 2.47. The summed E-state index contributed by atoms with van der Waals surface area (Å²) in [5.74, 6) is -1.39. The van der Waals surface area contributed by atoms with Crippen LogP contribution in [0.15, 0.2) is 0 Å². The van der Waals surface area contributed by atoms with Crippen LogP contribution >= 0.6 is 0 Å². The lowest BCUT2D eigenvalue weighted by Gasteiger charge is -2.45. The minimum Gasteiger partial charge on any atom is -0.467 e. The SMILES string of the molecule is COC(=O)C1(O[SiH3])CCCC1(O[SiH3])OC(C)(C)C. The Morgan fingerprint density at radius 2 is 1.78 bits per heavy atom. The van der Waals surface area contributed by atoms with E-state index in [9.17, 15) is 4.79 Å². The third-order valence-corrected chi connectivity index (χ3v) is 4.67. The molecule has 0 spiro atoms. The zero-order valence-electron chi connectivity index (χ0n) is 12.2. The van der Waals surface area contributed by atoms with E-state index in [2.05, 4.69) is 0 Å². The summed E-state index contributed by atoms with van der Waals surface area (Å²) in [6.07, 6.45) is 2.07. The molecular formula is C11H24O5Si2. The first-order valence-electron chi connectivity index (χ1n) is 6.16. The molecule has 2 atom stereocenters. The Morgan fingerprint density at radius 3 is 2.17 bits per heavy atom. The monoisotopic (exact) mass is 292 g/mol. The summed E-state index contributed by atoms with van der Waals surface area (Å²) in [6, 6.07) is 0. The molecule has 1 aliphatic rings. The van der Waals surface area contributed by atoms with Crippen LogP contribution in [-0.2, 0) is 23.1 Å². The van der Waals surface area contributed by atoms with Gasteiger partial charge >= 0.3 is 5.97 Å². The fraction of sp³-hybridized carbons (Fsp3) is 0.909. The average molecular weight is 292 g/mol. The van der Waals surface area contributed by atoms with E-state index in [0.29, 0.717) is 33.8 Å². The number of ether oxygens (including phenoxy) is 2. The van der Waals surface area contributed by atoms with E-state index in [0.717, 1.165) is 6.42 Å². The van der Waals surface area contributed by atoms with E-state index >= 15 is 0 Å². The summed E-state index contributed by atoms with van der Waals surface area (Å²) in [5.41, 5.74) is -1.50. The number of carbonyl (C=O) groups excluding carboxylic acids is 1. The third kappa shape index (κ3) is 2.55. The van der Waals surface area contributed by atoms with Crippen LogP contribution in [0.25, 0.3) is 0 Å². The lowest BCUT2D eigenvalue weighted by molar-refractivity contribution is -0.292. The summed E-state index contributed by atoms with van der Waals surface area (Å²) >= 11 is 0. The maximum Gasteiger partial charge on any atom is 0.342 e. The molecule has 0 heterocycles. The van der Waals surface area contributed by atoms with Crippen molar-refractivity contribution in [2.45, 2.75) is 57.0 Å². The predicted octanol–water partition coefficient (Wildman–Crippen LogP) is -0.813. The number of rotatable bonds is 4. The molecule has 0 bridgehead atoms. The zero-order chi connectivity index (χ0) is 14.0. The molecule has 0 radical (unpaired) electrons. The van der Waals surface area contributed by atoms with Gasteiger partial charge in [0.1, 0.15) is 21.0 Å². The molecule has 0 aromatic carbocycles. The van der Waals surface area contributed by atoms with Crippen molar-refractivity contribution in [3.63, 3.8) is 0 Å². The van der Waals surface area contributed by atoms with Crippen molar-refractivity contribution in [3.05, 3.63) is 0 Å². The maximum atomic E-state index is 12.2. The number of esters is 1. The quantitative estimate of drug-likeness (QED) is 0.385. The van der Waals surface area contributed by atoms with E-state index in [-0.39, 0.29) is 0 Å². The molecule has 0 N–H and O–H groups in total. The molecule has 0 aliphatic heterocycles. The van der Waals surface area contributed by atoms with Crippen LogP contribution in [0.5, 0.6) is 0 Å². The van der Waals surface area contributed by atoms with Gasteiger partial charge in [0.15, 0.2) is 5.79 Å². The minimum atomic E-state index is -1.09. The standard InChI is InChI=1S/C11H24O5Si2/c1-9(2,3)14-11(16-18)7-5-6-10(11,15-17)8(12)13-4/h5-7H2,1-4,17-18H3. The molecule has 18 heavy (non-hydrogen) atoms. The Morgan fingerprint density at radius 1 is 1.17 bits per heavy atom. The topological polar surface area (TPSA) is 54.0 Å². The van der Waals surface area contributed by atoms with Gasteiger partial charge in [0.25, 0.3) is 0 Å². The second kappa shape index (κ2) is 5.42. The van der Waals surface area contributed by atoms with Crippen LogP contribution in [-0.4, -0.2) is 51.0 Å². The fourth-order valence-corrected chi connectivity index (χ4v) is 3.96. The molecule has 0 aromatic heterocycles. The van der Waals surface area contributed by atoms with Crippen LogP contribution in [0.3, 0.4) is 0 Å². The molecule has 1 rings (SSSR count). The molecule has 0 saturated heterocycles. The summed E-state index contributed by atoms with van der Waals surface area (Å²) in [4.78, 5) is 12.2. The summed E-state index contributed by atoms with van der Waals surface area (Å²) in [6.45, 7) is 5.84. The zero-order valence-corrected chi connectivity index (χ0v) is 16.2. The smallest absolute Gasteiger partial charge is 0.342 e. The first-order valence-corrected chi connectivity index (χ1v) is 7.79. The van der Waals surface area contributed by atoms with Crippen LogP contribution in [0.2, 0.25) is 0 Å². The van der Waals surface area contributed by atoms with E-state index in [1.165, 1.54) is 7.11 Å². The van der Waals surface area contributed by atoms with Gasteiger partial charge < -0.3 is 18.3 Å². The van der Waals surface area contributed by atoms with E-state index in [1.807, 2.05) is 20.8 Å². The van der Waals surface area contributed by atoms with E-state index in [1.54, 1.807) is 0 Å². The van der Waals surface area contributed by atoms with Crippen molar-refractivity contribution in [1.82, 2.24) is 0 Å². The Hall–Kier alpha value is -0.216. The van der Waals surface area contributed by atoms with Gasteiger partial charge in [-0.1, -0.05) is 0 Å². The molecule has 1 fully saturated rings. The molecule has 0 amide bonds. The molecule has 0 aromatic rings. The summed E-state index contributed by atoms with van der Waals surface area (Å²) in [7, 11) is 2.28. The average Bonchev–Trinajstić information content (AvgIpc) is 2.65. The number of methoxy groups -OCH3 is 1. The van der Waals surface area contributed by atoms with Gasteiger partial charge in [0, 0.05) is 6.42 Å². The molecule has 2 unspecified atom stereocenters. The van der Waals surface area contributed by atoms with Crippen molar-refractivity contribution in [1.29, 1.82) is 0 Å². The Bertz CT molecular complexity index is 317. The highest BCUT2D eigenvalue weighted by Gasteiger charge is 2.63. The lowest BCUT2D eigenvalue weighted by Crippen LogP contribution is -2.62. The lowest BCUT2D eigenvalue weighted by atomic mass is 9.95. The minimum absolute atomic E-state index is 0.393. The van der Waals surface area contributed by atoms with Crippen LogP contribution < -0.4 is 0 Å². The Kier molecular flexibility index (Phi) is 4.77. The van der Waals surface area contributed by atoms with Crippen molar-refractivity contribution < 1.29 is 23.1 Å². The summed E-state index contributed by atoms with van der Waals surface area (Å²) in [5, 5.41) is 0. The van der Waals surface area contributed by atoms with Crippen LogP contribution in [0.4, 0.5) is 0 Å². The maximum absolute atomic E-state index is 12.2. The van der Waals surface area contributed by atoms with E-state index in [4.69, 9.17) is 18.3 Å². The number of hydrogen-bond acceptors (Lipinski definition) is 5. The van der Waals surface area contributed by atoms with Crippen LogP contribution in [0.1, 0.15) is 40.0 Å². The molecule has 1 saturated carbocycles. The van der Waals surface area contributed by atoms with Gasteiger partial charge in [0.2, 0.25) is 5.60 Å². The van der Waals surface area contributed by atoms with Crippen molar-refractivity contribution in [3.8, 4) is 0 Å². The first kappa shape index (κ1) is 15.8. The van der Waals surface area contributed by atoms with Crippen molar-refractivity contribution in [2.75, 3.05) is 7.11 Å². The second-order valence-electron chi connectivity index (χ2n) is 5.55. The Balaban J connectivity index is 3.18. The van der Waals surface area contributed by atoms with Crippen molar-refractivity contribution in [2.24, 2.45) is 0 Å². The molecule has 106 valence electrons. The number of carbonyl (C=O) groups is 1. The highest BCUT2D eigenvalue weighted by atomic mass is 28.2. The largest absolute Gasteiger partial charge is 0.467 e. The van der Waals surface area contributed by atoms with Gasteiger partial charge in [-0.05, 0) is 33.6 Å². The van der Waals surface area contributed by atoms with Gasteiger partial charge in [0.05, 0.1) is 12.7 Å². The molecular weight excluding hydrogens is 268 g/mol. The summed E-state index contributed by atoms with van der Waals surface area (Å²) < 4.78 is 22.3. The van der Waals surface area contributed by atoms with E-state index < -0.39 is 23.0 Å².